The van der Waals surface area contributed by atoms with Crippen molar-refractivity contribution in [2.24, 2.45) is 11.3 Å². The predicted molar refractivity (Wildman–Crippen MR) is 147 cm³/mol. The Labute approximate surface area is 230 Å². The van der Waals surface area contributed by atoms with Gasteiger partial charge in [0, 0.05) is 49.8 Å². The van der Waals surface area contributed by atoms with E-state index < -0.39 is 5.79 Å². The van der Waals surface area contributed by atoms with E-state index in [9.17, 15) is 4.39 Å². The van der Waals surface area contributed by atoms with Gasteiger partial charge in [0.15, 0.2) is 17.4 Å². The lowest BCUT2D eigenvalue weighted by Crippen LogP contribution is -2.44. The van der Waals surface area contributed by atoms with Crippen LogP contribution in [0.2, 0.25) is 5.02 Å². The monoisotopic (exact) mass is 546 g/mol. The quantitative estimate of drug-likeness (QED) is 0.423. The molecular formula is C29H40ClFN4O3. The summed E-state index contributed by atoms with van der Waals surface area (Å²) in [6.07, 6.45) is 9.02. The number of hydrogen-bond donors (Lipinski definition) is 2. The van der Waals surface area contributed by atoms with Crippen molar-refractivity contribution in [3.05, 3.63) is 40.9 Å². The normalized spacial score (nSPS) is 24.8. The van der Waals surface area contributed by atoms with Crippen LogP contribution in [0.1, 0.15) is 58.1 Å². The first-order chi connectivity index (χ1) is 18.3. The summed E-state index contributed by atoms with van der Waals surface area (Å²) in [6.45, 7) is 8.40. The summed E-state index contributed by atoms with van der Waals surface area (Å²) in [5.74, 6) is -0.0201. The number of pyridine rings is 2. The number of hydrogen-bond acceptors (Lipinski definition) is 7. The summed E-state index contributed by atoms with van der Waals surface area (Å²) < 4.78 is 31.5. The van der Waals surface area contributed by atoms with Crippen LogP contribution < -0.4 is 10.6 Å². The van der Waals surface area contributed by atoms with E-state index in [2.05, 4.69) is 27.5 Å². The highest BCUT2D eigenvalue weighted by Gasteiger charge is 2.32. The van der Waals surface area contributed by atoms with Gasteiger partial charge >= 0.3 is 0 Å². The third-order valence-corrected chi connectivity index (χ3v) is 8.67. The molecule has 0 bridgehead atoms. The summed E-state index contributed by atoms with van der Waals surface area (Å²) in [6, 6.07) is 5.66. The van der Waals surface area contributed by atoms with E-state index in [1.54, 1.807) is 12.3 Å². The Kier molecular flexibility index (Phi) is 8.85. The Morgan fingerprint density at radius 2 is 1.76 bits per heavy atom. The summed E-state index contributed by atoms with van der Waals surface area (Å²) in [5, 5.41) is 7.40. The van der Waals surface area contributed by atoms with Gasteiger partial charge in [-0.15, -0.1) is 0 Å². The second kappa shape index (κ2) is 12.1. The summed E-state index contributed by atoms with van der Waals surface area (Å²) >= 11 is 6.55. The number of rotatable bonds is 9. The molecule has 38 heavy (non-hydrogen) atoms. The van der Waals surface area contributed by atoms with Crippen LogP contribution in [0.15, 0.2) is 24.4 Å². The lowest BCUT2D eigenvalue weighted by Gasteiger charge is -2.33. The molecule has 3 fully saturated rings. The molecule has 5 rings (SSSR count). The van der Waals surface area contributed by atoms with Crippen molar-refractivity contribution in [2.75, 3.05) is 44.8 Å². The Bertz CT molecular complexity index is 1080. The third kappa shape index (κ3) is 7.02. The topological polar surface area (TPSA) is 77.5 Å². The van der Waals surface area contributed by atoms with Gasteiger partial charge in [0.2, 0.25) is 0 Å². The molecule has 7 nitrogen and oxygen atoms in total. The average Bonchev–Trinajstić information content (AvgIpc) is 3.36. The third-order valence-electron chi connectivity index (χ3n) is 8.37. The summed E-state index contributed by atoms with van der Waals surface area (Å²) in [5.41, 5.74) is 2.50. The van der Waals surface area contributed by atoms with Gasteiger partial charge in [-0.05, 0) is 81.4 Å². The molecule has 208 valence electrons. The van der Waals surface area contributed by atoms with Gasteiger partial charge < -0.3 is 24.8 Å². The second-order valence-electron chi connectivity index (χ2n) is 11.6. The molecule has 0 atom stereocenters. The fourth-order valence-electron chi connectivity index (χ4n) is 5.70. The zero-order chi connectivity index (χ0) is 26.6. The van der Waals surface area contributed by atoms with Crippen LogP contribution in [0, 0.1) is 17.2 Å². The molecule has 0 unspecified atom stereocenters. The maximum atomic E-state index is 14.6. The molecule has 0 radical (unpaired) electrons. The molecule has 4 heterocycles. The molecule has 2 aliphatic heterocycles. The molecule has 3 aliphatic rings. The molecule has 0 spiro atoms. The number of aromatic nitrogens is 2. The van der Waals surface area contributed by atoms with Gasteiger partial charge in [0.25, 0.3) is 0 Å². The molecule has 2 aromatic heterocycles. The number of nitrogens with one attached hydrogen (secondary N) is 2. The highest BCUT2D eigenvalue weighted by atomic mass is 35.5. The van der Waals surface area contributed by atoms with Crippen molar-refractivity contribution in [1.29, 1.82) is 0 Å². The second-order valence-corrected chi connectivity index (χ2v) is 12.0. The molecule has 2 saturated heterocycles. The molecule has 1 aliphatic carbocycles. The summed E-state index contributed by atoms with van der Waals surface area (Å²) in [4.78, 5) is 9.23. The molecule has 1 saturated carbocycles. The van der Waals surface area contributed by atoms with Gasteiger partial charge in [0.1, 0.15) is 0 Å². The number of nitrogens with zero attached hydrogens (tertiary/aromatic N) is 2. The van der Waals surface area contributed by atoms with E-state index in [4.69, 9.17) is 25.8 Å². The van der Waals surface area contributed by atoms with Crippen molar-refractivity contribution in [2.45, 2.75) is 70.6 Å². The Balaban J connectivity index is 1.18. The Hall–Kier alpha value is -1.84. The van der Waals surface area contributed by atoms with Gasteiger partial charge in [0.05, 0.1) is 23.9 Å². The highest BCUT2D eigenvalue weighted by Crippen LogP contribution is 2.33. The zero-order valence-corrected chi connectivity index (χ0v) is 23.3. The first-order valence-corrected chi connectivity index (χ1v) is 14.3. The predicted octanol–water partition coefficient (Wildman–Crippen LogP) is 5.62. The van der Waals surface area contributed by atoms with Crippen molar-refractivity contribution in [3.8, 4) is 11.3 Å². The van der Waals surface area contributed by atoms with E-state index >= 15 is 0 Å². The molecule has 0 aromatic carbocycles. The SMILES string of the molecule is CC1(CNc2nc(-c3cc(CC4CCC(NCC5(C)OCCO5)CC4)ncc3Cl)ccc2F)CCOCC1. The van der Waals surface area contributed by atoms with E-state index in [0.29, 0.717) is 42.4 Å². The fraction of sp³-hybridized carbons (Fsp3) is 0.655. The maximum absolute atomic E-state index is 14.6. The number of anilines is 1. The zero-order valence-electron chi connectivity index (χ0n) is 22.5. The van der Waals surface area contributed by atoms with E-state index in [-0.39, 0.29) is 17.1 Å². The maximum Gasteiger partial charge on any atom is 0.178 e. The van der Waals surface area contributed by atoms with Crippen molar-refractivity contribution in [3.63, 3.8) is 0 Å². The van der Waals surface area contributed by atoms with Crippen LogP contribution in [0.4, 0.5) is 10.2 Å². The smallest absolute Gasteiger partial charge is 0.178 e. The number of halogens is 2. The highest BCUT2D eigenvalue weighted by molar-refractivity contribution is 6.33. The van der Waals surface area contributed by atoms with Crippen LogP contribution in [0.5, 0.6) is 0 Å². The van der Waals surface area contributed by atoms with E-state index in [1.807, 2.05) is 13.0 Å². The lowest BCUT2D eigenvalue weighted by molar-refractivity contribution is -0.139. The van der Waals surface area contributed by atoms with Crippen LogP contribution in [0.3, 0.4) is 0 Å². The molecular weight excluding hydrogens is 507 g/mol. The van der Waals surface area contributed by atoms with Crippen LogP contribution in [-0.2, 0) is 20.6 Å². The van der Waals surface area contributed by atoms with Crippen molar-refractivity contribution >= 4 is 17.4 Å². The minimum absolute atomic E-state index is 0.0639. The average molecular weight is 547 g/mol. The molecule has 2 N–H and O–H groups in total. The van der Waals surface area contributed by atoms with Gasteiger partial charge in [-0.1, -0.05) is 18.5 Å². The molecule has 9 heteroatoms. The van der Waals surface area contributed by atoms with Gasteiger partial charge in [-0.2, -0.15) is 0 Å². The van der Waals surface area contributed by atoms with Crippen molar-refractivity contribution < 1.29 is 18.6 Å². The largest absolute Gasteiger partial charge is 0.381 e. The summed E-state index contributed by atoms with van der Waals surface area (Å²) in [7, 11) is 0. The minimum atomic E-state index is -0.493. The van der Waals surface area contributed by atoms with E-state index in [1.165, 1.54) is 6.07 Å². The lowest BCUT2D eigenvalue weighted by atomic mass is 9.82. The Morgan fingerprint density at radius 1 is 1.03 bits per heavy atom. The molecule has 0 amide bonds. The van der Waals surface area contributed by atoms with Crippen LogP contribution >= 0.6 is 11.6 Å². The van der Waals surface area contributed by atoms with Gasteiger partial charge in [-0.3, -0.25) is 4.98 Å². The van der Waals surface area contributed by atoms with Gasteiger partial charge in [-0.25, -0.2) is 9.37 Å². The van der Waals surface area contributed by atoms with Crippen LogP contribution in [0.25, 0.3) is 11.3 Å². The standard InChI is InChI=1S/C29H40ClFN4O3/c1-28(9-11-36-12-10-28)18-34-27-25(31)7-8-26(35-27)23-16-22(32-17-24(23)30)15-20-3-5-21(6-4-20)33-19-29(2)37-13-14-38-29/h7-8,16-17,20-21,33H,3-6,9-15,18-19H2,1-2H3,(H,34,35). The number of ether oxygens (including phenoxy) is 3. The fourth-order valence-corrected chi connectivity index (χ4v) is 5.90. The molecule has 2 aromatic rings. The Morgan fingerprint density at radius 3 is 2.50 bits per heavy atom. The first kappa shape index (κ1) is 27.7. The van der Waals surface area contributed by atoms with E-state index in [0.717, 1.165) is 76.0 Å². The first-order valence-electron chi connectivity index (χ1n) is 14.0. The van der Waals surface area contributed by atoms with Crippen molar-refractivity contribution in [1.82, 2.24) is 15.3 Å². The minimum Gasteiger partial charge on any atom is -0.381 e. The van der Waals surface area contributed by atoms with Crippen LogP contribution in [-0.4, -0.2) is 61.3 Å².